The molecule has 9 nitrogen and oxygen atoms in total. The van der Waals surface area contributed by atoms with Gasteiger partial charge in [0.05, 0.1) is 34.8 Å². The van der Waals surface area contributed by atoms with Gasteiger partial charge in [-0.2, -0.15) is 5.10 Å². The highest BCUT2D eigenvalue weighted by molar-refractivity contribution is 7.22. The number of rotatable bonds is 6. The molecule has 0 fully saturated rings. The van der Waals surface area contributed by atoms with Crippen molar-refractivity contribution in [2.45, 2.75) is 46.3 Å². The maximum Gasteiger partial charge on any atom is 0.339 e. The zero-order valence-electron chi connectivity index (χ0n) is 25.5. The van der Waals surface area contributed by atoms with Crippen LogP contribution in [-0.4, -0.2) is 48.4 Å². The second-order valence-corrected chi connectivity index (χ2v) is 13.0. The van der Waals surface area contributed by atoms with Crippen molar-refractivity contribution in [2.24, 2.45) is 7.05 Å². The van der Waals surface area contributed by atoms with Crippen LogP contribution in [0.1, 0.15) is 43.7 Å². The normalized spacial score (nSPS) is 12.6. The predicted octanol–water partition coefficient (Wildman–Crippen LogP) is 7.67. The van der Waals surface area contributed by atoms with Crippen LogP contribution in [0, 0.1) is 13.8 Å². The molecular formula is C33H31ClN6O3S. The number of aryl methyl sites for hydroxylation is 3. The third kappa shape index (κ3) is 5.56. The van der Waals surface area contributed by atoms with Crippen molar-refractivity contribution in [1.82, 2.24) is 29.7 Å². The summed E-state index contributed by atoms with van der Waals surface area (Å²) in [6, 6.07) is 13.4. The Morgan fingerprint density at radius 3 is 2.48 bits per heavy atom. The second-order valence-electron chi connectivity index (χ2n) is 11.6. The number of fused-ring (bicyclic) bond motifs is 2. The molecule has 6 rings (SSSR count). The molecule has 0 saturated carbocycles. The molecule has 0 aliphatic carbocycles. The van der Waals surface area contributed by atoms with Gasteiger partial charge < -0.3 is 9.47 Å². The van der Waals surface area contributed by atoms with Crippen LogP contribution in [0.5, 0.6) is 0 Å². The van der Waals surface area contributed by atoms with Gasteiger partial charge >= 0.3 is 5.97 Å². The Labute approximate surface area is 263 Å². The van der Waals surface area contributed by atoms with Crippen molar-refractivity contribution in [2.75, 3.05) is 7.11 Å². The van der Waals surface area contributed by atoms with Crippen molar-refractivity contribution < 1.29 is 14.3 Å². The van der Waals surface area contributed by atoms with Gasteiger partial charge in [0.15, 0.2) is 11.9 Å². The van der Waals surface area contributed by atoms with Crippen LogP contribution >= 0.6 is 22.9 Å². The molecule has 0 amide bonds. The van der Waals surface area contributed by atoms with Gasteiger partial charge in [-0.1, -0.05) is 23.7 Å². The Bertz CT molecular complexity index is 2050. The number of pyridine rings is 1. The van der Waals surface area contributed by atoms with Crippen molar-refractivity contribution in [3.8, 4) is 33.2 Å². The van der Waals surface area contributed by atoms with Gasteiger partial charge in [-0.3, -0.25) is 9.67 Å². The van der Waals surface area contributed by atoms with E-state index in [2.05, 4.69) is 15.1 Å². The summed E-state index contributed by atoms with van der Waals surface area (Å²) in [5.74, 6) is 0.0405. The monoisotopic (exact) mass is 626 g/mol. The number of carbonyl (C=O) groups is 1. The number of esters is 1. The van der Waals surface area contributed by atoms with Crippen LogP contribution in [0.25, 0.3) is 54.5 Å². The van der Waals surface area contributed by atoms with Gasteiger partial charge in [0, 0.05) is 35.0 Å². The molecule has 6 aromatic rings. The lowest BCUT2D eigenvalue weighted by atomic mass is 9.91. The SMILES string of the molecule is COC(=O)C(OC(C)(C)C)c1c(C)cc2nc(-c3ccnc(-c4ncc5c(n4)c(C)nn5C)c3)sc2c1-c1ccc(Cl)cc1. The number of thiazole rings is 1. The van der Waals surface area contributed by atoms with Crippen LogP contribution in [0.2, 0.25) is 5.02 Å². The molecule has 1 atom stereocenters. The molecule has 1 unspecified atom stereocenters. The molecule has 44 heavy (non-hydrogen) atoms. The lowest BCUT2D eigenvalue weighted by Gasteiger charge is -2.28. The Morgan fingerprint density at radius 1 is 1.02 bits per heavy atom. The van der Waals surface area contributed by atoms with Crippen LogP contribution in [0.3, 0.4) is 0 Å². The summed E-state index contributed by atoms with van der Waals surface area (Å²) >= 11 is 7.81. The summed E-state index contributed by atoms with van der Waals surface area (Å²) in [5.41, 5.74) is 7.53. The van der Waals surface area contributed by atoms with Crippen LogP contribution in [-0.2, 0) is 21.3 Å². The van der Waals surface area contributed by atoms with E-state index in [4.69, 9.17) is 31.0 Å². The van der Waals surface area contributed by atoms with Gasteiger partial charge in [-0.05, 0) is 76.1 Å². The van der Waals surface area contributed by atoms with E-state index in [1.165, 1.54) is 18.4 Å². The molecule has 4 heterocycles. The van der Waals surface area contributed by atoms with E-state index in [0.717, 1.165) is 59.8 Å². The minimum absolute atomic E-state index is 0.470. The topological polar surface area (TPSA) is 105 Å². The molecule has 0 saturated heterocycles. The predicted molar refractivity (Wildman–Crippen MR) is 174 cm³/mol. The number of nitrogens with zero attached hydrogens (tertiary/aromatic N) is 6. The second kappa shape index (κ2) is 11.4. The fourth-order valence-electron chi connectivity index (χ4n) is 5.28. The first kappa shape index (κ1) is 29.8. The van der Waals surface area contributed by atoms with Crippen LogP contribution in [0.4, 0.5) is 0 Å². The summed E-state index contributed by atoms with van der Waals surface area (Å²) in [6.07, 6.45) is 2.56. The average molecular weight is 627 g/mol. The molecule has 0 N–H and O–H groups in total. The summed E-state index contributed by atoms with van der Waals surface area (Å²) < 4.78 is 14.3. The molecule has 0 aliphatic rings. The summed E-state index contributed by atoms with van der Waals surface area (Å²) in [5, 5.41) is 5.86. The molecule has 0 spiro atoms. The number of hydrogen-bond acceptors (Lipinski definition) is 9. The summed E-state index contributed by atoms with van der Waals surface area (Å²) in [4.78, 5) is 32.1. The largest absolute Gasteiger partial charge is 0.467 e. The van der Waals surface area contributed by atoms with E-state index in [0.29, 0.717) is 16.5 Å². The summed E-state index contributed by atoms with van der Waals surface area (Å²) in [6.45, 7) is 9.65. The minimum atomic E-state index is -0.948. The Kier molecular flexibility index (Phi) is 7.69. The van der Waals surface area contributed by atoms with E-state index in [-0.39, 0.29) is 0 Å². The average Bonchev–Trinajstić information content (AvgIpc) is 3.54. The van der Waals surface area contributed by atoms with E-state index in [1.54, 1.807) is 17.1 Å². The number of carbonyl (C=O) groups excluding carboxylic acids is 1. The minimum Gasteiger partial charge on any atom is -0.467 e. The Hall–Kier alpha value is -4.25. The first-order chi connectivity index (χ1) is 20.9. The molecule has 4 aromatic heterocycles. The molecule has 11 heteroatoms. The van der Waals surface area contributed by atoms with Crippen LogP contribution in [0.15, 0.2) is 54.9 Å². The fourth-order valence-corrected chi connectivity index (χ4v) is 6.52. The summed E-state index contributed by atoms with van der Waals surface area (Å²) in [7, 11) is 3.25. The van der Waals surface area contributed by atoms with Gasteiger partial charge in [-0.15, -0.1) is 11.3 Å². The van der Waals surface area contributed by atoms with Crippen molar-refractivity contribution in [1.29, 1.82) is 0 Å². The number of benzene rings is 2. The van der Waals surface area contributed by atoms with Gasteiger partial charge in [0.2, 0.25) is 0 Å². The first-order valence-electron chi connectivity index (χ1n) is 14.0. The standard InChI is InChI=1S/C33H31ClN6O3S/c1-17-14-22-29(26(19-8-10-21(34)11-9-19)25(17)28(32(41)42-7)43-33(3,4)5)44-31(37-22)20-12-13-35-23(15-20)30-36-16-24-27(38-30)18(2)39-40(24)6/h8-16,28H,1-7H3. The number of ether oxygens (including phenoxy) is 2. The number of halogens is 1. The third-order valence-corrected chi connectivity index (χ3v) is 8.60. The van der Waals surface area contributed by atoms with E-state index < -0.39 is 17.7 Å². The lowest BCUT2D eigenvalue weighted by molar-refractivity contribution is -0.164. The molecule has 0 aliphatic heterocycles. The van der Waals surface area contributed by atoms with Crippen molar-refractivity contribution in [3.63, 3.8) is 0 Å². The fraction of sp³-hybridized carbons (Fsp3) is 0.273. The Morgan fingerprint density at radius 2 is 1.77 bits per heavy atom. The van der Waals surface area contributed by atoms with Crippen molar-refractivity contribution >= 4 is 50.2 Å². The number of aromatic nitrogens is 6. The highest BCUT2D eigenvalue weighted by Gasteiger charge is 2.33. The maximum atomic E-state index is 13.2. The number of methoxy groups -OCH3 is 1. The van der Waals surface area contributed by atoms with Gasteiger partial charge in [0.25, 0.3) is 0 Å². The Balaban J connectivity index is 1.53. The highest BCUT2D eigenvalue weighted by Crippen LogP contribution is 2.44. The van der Waals surface area contributed by atoms with E-state index in [9.17, 15) is 4.79 Å². The first-order valence-corrected chi connectivity index (χ1v) is 15.2. The molecule has 2 aromatic carbocycles. The molecule has 0 bridgehead atoms. The van der Waals surface area contributed by atoms with E-state index >= 15 is 0 Å². The van der Waals surface area contributed by atoms with Crippen molar-refractivity contribution in [3.05, 3.63) is 76.7 Å². The zero-order chi connectivity index (χ0) is 31.3. The molecule has 224 valence electrons. The smallest absolute Gasteiger partial charge is 0.339 e. The zero-order valence-corrected chi connectivity index (χ0v) is 27.0. The van der Waals surface area contributed by atoms with Gasteiger partial charge in [0.1, 0.15) is 21.7 Å². The van der Waals surface area contributed by atoms with Crippen LogP contribution < -0.4 is 0 Å². The third-order valence-electron chi connectivity index (χ3n) is 7.21. The van der Waals surface area contributed by atoms with Gasteiger partial charge in [-0.25, -0.2) is 19.7 Å². The molecular weight excluding hydrogens is 596 g/mol. The lowest BCUT2D eigenvalue weighted by Crippen LogP contribution is -2.29. The quantitative estimate of drug-likeness (QED) is 0.173. The maximum absolute atomic E-state index is 13.2. The highest BCUT2D eigenvalue weighted by atomic mass is 35.5. The molecule has 0 radical (unpaired) electrons. The number of hydrogen-bond donors (Lipinski definition) is 0. The van der Waals surface area contributed by atoms with E-state index in [1.807, 2.05) is 84.1 Å².